The van der Waals surface area contributed by atoms with Crippen LogP contribution in [0.1, 0.15) is 32.6 Å². The average molecular weight is 328 g/mol. The number of benzene rings is 1. The zero-order valence-corrected chi connectivity index (χ0v) is 13.4. The fourth-order valence-electron chi connectivity index (χ4n) is 2.45. The van der Waals surface area contributed by atoms with Gasteiger partial charge >= 0.3 is 0 Å². The van der Waals surface area contributed by atoms with E-state index < -0.39 is 0 Å². The highest BCUT2D eigenvalue weighted by Crippen LogP contribution is 2.24. The lowest BCUT2D eigenvalue weighted by molar-refractivity contribution is 0.312. The zero-order valence-electron chi connectivity index (χ0n) is 11.0. The van der Waals surface area contributed by atoms with Crippen molar-refractivity contribution in [1.29, 1.82) is 0 Å². The lowest BCUT2D eigenvalue weighted by Gasteiger charge is -2.26. The summed E-state index contributed by atoms with van der Waals surface area (Å²) in [5, 5.41) is 3.69. The third-order valence-electron chi connectivity index (χ3n) is 3.62. The second-order valence-corrected chi connectivity index (χ2v) is 7.30. The van der Waals surface area contributed by atoms with E-state index >= 15 is 0 Å². The monoisotopic (exact) mass is 327 g/mol. The Labute approximate surface area is 123 Å². The van der Waals surface area contributed by atoms with Crippen LogP contribution in [0.4, 0.5) is 0 Å². The maximum atomic E-state index is 3.69. The van der Waals surface area contributed by atoms with E-state index in [2.05, 4.69) is 52.4 Å². The summed E-state index contributed by atoms with van der Waals surface area (Å²) >= 11 is 5.44. The third kappa shape index (κ3) is 4.94. The second kappa shape index (κ2) is 7.56. The Morgan fingerprint density at radius 2 is 2.06 bits per heavy atom. The van der Waals surface area contributed by atoms with Gasteiger partial charge in [-0.25, -0.2) is 0 Å². The van der Waals surface area contributed by atoms with E-state index in [1.165, 1.54) is 35.1 Å². The number of hydrogen-bond donors (Lipinski definition) is 1. The highest BCUT2D eigenvalue weighted by Gasteiger charge is 2.16. The Kier molecular flexibility index (Phi) is 6.06. The van der Waals surface area contributed by atoms with E-state index in [1.807, 2.05) is 11.8 Å². The number of nitrogens with one attached hydrogen (secondary N) is 1. The molecule has 0 saturated heterocycles. The topological polar surface area (TPSA) is 12.0 Å². The number of hydrogen-bond acceptors (Lipinski definition) is 2. The van der Waals surface area contributed by atoms with E-state index in [4.69, 9.17) is 0 Å². The van der Waals surface area contributed by atoms with E-state index in [9.17, 15) is 0 Å². The van der Waals surface area contributed by atoms with Crippen LogP contribution in [0, 0.1) is 5.92 Å². The number of halogens is 1. The van der Waals surface area contributed by atoms with Crippen LogP contribution in [0.25, 0.3) is 0 Å². The molecule has 0 aromatic heterocycles. The van der Waals surface area contributed by atoms with Crippen LogP contribution in [-0.2, 0) is 0 Å². The molecular formula is C15H22BrNS. The molecule has 0 spiro atoms. The van der Waals surface area contributed by atoms with Crippen LogP contribution in [0.5, 0.6) is 0 Å². The smallest absolute Gasteiger partial charge is 0.0186 e. The van der Waals surface area contributed by atoms with Gasteiger partial charge in [-0.15, -0.1) is 11.8 Å². The van der Waals surface area contributed by atoms with Crippen molar-refractivity contribution in [2.75, 3.05) is 12.3 Å². The largest absolute Gasteiger partial charge is 0.313 e. The molecule has 0 bridgehead atoms. The lowest BCUT2D eigenvalue weighted by atomic mass is 9.87. The van der Waals surface area contributed by atoms with Gasteiger partial charge in [-0.3, -0.25) is 0 Å². The standard InChI is InChI=1S/C15H22BrNS/c1-12-5-7-14(8-6-12)17-9-10-18-15-4-2-3-13(16)11-15/h2-4,11-12,14,17H,5-10H2,1H3. The zero-order chi connectivity index (χ0) is 12.8. The Bertz CT molecular complexity index is 361. The van der Waals surface area contributed by atoms with Gasteiger partial charge in [0.2, 0.25) is 0 Å². The van der Waals surface area contributed by atoms with Gasteiger partial charge in [-0.2, -0.15) is 0 Å². The minimum Gasteiger partial charge on any atom is -0.313 e. The van der Waals surface area contributed by atoms with Crippen LogP contribution >= 0.6 is 27.7 Å². The highest BCUT2D eigenvalue weighted by molar-refractivity contribution is 9.10. The molecule has 1 nitrogen and oxygen atoms in total. The van der Waals surface area contributed by atoms with Crippen LogP contribution in [-0.4, -0.2) is 18.3 Å². The van der Waals surface area contributed by atoms with Crippen LogP contribution in [0.15, 0.2) is 33.6 Å². The SMILES string of the molecule is CC1CCC(NCCSc2cccc(Br)c2)CC1. The molecule has 0 unspecified atom stereocenters. The number of thioether (sulfide) groups is 1. The Morgan fingerprint density at radius 3 is 2.78 bits per heavy atom. The molecule has 0 radical (unpaired) electrons. The predicted molar refractivity (Wildman–Crippen MR) is 84.3 cm³/mol. The molecule has 0 heterocycles. The first-order valence-corrected chi connectivity index (χ1v) is 8.63. The van der Waals surface area contributed by atoms with Gasteiger partial charge in [0.05, 0.1) is 0 Å². The summed E-state index contributed by atoms with van der Waals surface area (Å²) < 4.78 is 1.17. The molecule has 1 fully saturated rings. The van der Waals surface area contributed by atoms with Gasteiger partial charge in [0.15, 0.2) is 0 Å². The summed E-state index contributed by atoms with van der Waals surface area (Å²) in [5.74, 6) is 2.10. The summed E-state index contributed by atoms with van der Waals surface area (Å²) in [6, 6.07) is 9.31. The third-order valence-corrected chi connectivity index (χ3v) is 5.10. The molecule has 18 heavy (non-hydrogen) atoms. The molecule has 0 atom stereocenters. The van der Waals surface area contributed by atoms with Gasteiger partial charge in [0, 0.05) is 27.7 Å². The van der Waals surface area contributed by atoms with Crippen LogP contribution < -0.4 is 5.32 Å². The fraction of sp³-hybridized carbons (Fsp3) is 0.600. The molecule has 0 aliphatic heterocycles. The quantitative estimate of drug-likeness (QED) is 0.620. The lowest BCUT2D eigenvalue weighted by Crippen LogP contribution is -2.34. The molecular weight excluding hydrogens is 306 g/mol. The Morgan fingerprint density at radius 1 is 1.28 bits per heavy atom. The molecule has 1 aliphatic rings. The van der Waals surface area contributed by atoms with Crippen molar-refractivity contribution < 1.29 is 0 Å². The maximum Gasteiger partial charge on any atom is 0.0186 e. The first-order valence-electron chi connectivity index (χ1n) is 6.86. The van der Waals surface area contributed by atoms with Gasteiger partial charge in [-0.05, 0) is 49.8 Å². The minimum absolute atomic E-state index is 0.768. The van der Waals surface area contributed by atoms with Gasteiger partial charge in [-0.1, -0.05) is 28.9 Å². The summed E-state index contributed by atoms with van der Waals surface area (Å²) in [4.78, 5) is 1.35. The van der Waals surface area contributed by atoms with Crippen molar-refractivity contribution in [3.63, 3.8) is 0 Å². The summed E-state index contributed by atoms with van der Waals surface area (Å²) in [6.45, 7) is 3.50. The first kappa shape index (κ1) is 14.4. The van der Waals surface area contributed by atoms with Crippen molar-refractivity contribution in [2.45, 2.75) is 43.5 Å². The molecule has 1 aromatic rings. The van der Waals surface area contributed by atoms with Crippen molar-refractivity contribution in [3.05, 3.63) is 28.7 Å². The molecule has 1 aliphatic carbocycles. The average Bonchev–Trinajstić information content (AvgIpc) is 2.37. The normalized spacial score (nSPS) is 24.1. The highest BCUT2D eigenvalue weighted by atomic mass is 79.9. The molecule has 1 N–H and O–H groups in total. The van der Waals surface area contributed by atoms with Crippen molar-refractivity contribution in [3.8, 4) is 0 Å². The minimum atomic E-state index is 0.768. The molecule has 100 valence electrons. The predicted octanol–water partition coefficient (Wildman–Crippen LogP) is 4.71. The van der Waals surface area contributed by atoms with Gasteiger partial charge < -0.3 is 5.32 Å². The first-order chi connectivity index (χ1) is 8.74. The second-order valence-electron chi connectivity index (χ2n) is 5.22. The summed E-state index contributed by atoms with van der Waals surface area (Å²) in [7, 11) is 0. The Hall–Kier alpha value is 0.01000. The van der Waals surface area contributed by atoms with Crippen molar-refractivity contribution in [2.24, 2.45) is 5.92 Å². The van der Waals surface area contributed by atoms with Crippen molar-refractivity contribution in [1.82, 2.24) is 5.32 Å². The van der Waals surface area contributed by atoms with E-state index in [1.54, 1.807) is 0 Å². The van der Waals surface area contributed by atoms with E-state index in [0.29, 0.717) is 0 Å². The van der Waals surface area contributed by atoms with Crippen LogP contribution in [0.2, 0.25) is 0 Å². The molecule has 1 aromatic carbocycles. The number of rotatable bonds is 5. The molecule has 2 rings (SSSR count). The van der Waals surface area contributed by atoms with E-state index in [0.717, 1.165) is 24.3 Å². The summed E-state index contributed by atoms with van der Waals surface area (Å²) in [6.07, 6.45) is 5.53. The van der Waals surface area contributed by atoms with Gasteiger partial charge in [0.1, 0.15) is 0 Å². The maximum absolute atomic E-state index is 3.69. The van der Waals surface area contributed by atoms with E-state index in [-0.39, 0.29) is 0 Å². The summed E-state index contributed by atoms with van der Waals surface area (Å²) in [5.41, 5.74) is 0. The molecule has 1 saturated carbocycles. The molecule has 3 heteroatoms. The fourth-order valence-corrected chi connectivity index (χ4v) is 3.84. The van der Waals surface area contributed by atoms with Crippen molar-refractivity contribution >= 4 is 27.7 Å². The van der Waals surface area contributed by atoms with Crippen LogP contribution in [0.3, 0.4) is 0 Å². The van der Waals surface area contributed by atoms with Gasteiger partial charge in [0.25, 0.3) is 0 Å². The Balaban J connectivity index is 1.61. The molecule has 0 amide bonds.